The van der Waals surface area contributed by atoms with Gasteiger partial charge in [-0.25, -0.2) is 10.0 Å². The number of hydrazine groups is 1. The first-order chi connectivity index (χ1) is 5.45. The summed E-state index contributed by atoms with van der Waals surface area (Å²) in [5.74, 6) is 5.01. The zero-order valence-corrected chi connectivity index (χ0v) is 6.72. The van der Waals surface area contributed by atoms with Gasteiger partial charge in [0, 0.05) is 0 Å². The fourth-order valence-corrected chi connectivity index (χ4v) is 0.454. The molecule has 0 fully saturated rings. The molecule has 68 valence electrons. The summed E-state index contributed by atoms with van der Waals surface area (Å²) in [7, 11) is 0. The van der Waals surface area contributed by atoms with Crippen molar-refractivity contribution in [2.24, 2.45) is 5.84 Å². The number of hydrogen-bond donors (Lipinski definition) is 2. The quantitative estimate of drug-likeness (QED) is 0.164. The smallest absolute Gasteiger partial charge is 0.263 e. The Labute approximate surface area is 73.2 Å². The Morgan fingerprint density at radius 1 is 1.83 bits per heavy atom. The standard InChI is InChI=1S/C5H6F2N2O2S/c1-2-3-9(8)4(10)5(6,7)11-12/h1,12H,3,8H2. The van der Waals surface area contributed by atoms with Crippen LogP contribution in [-0.4, -0.2) is 23.6 Å². The highest BCUT2D eigenvalue weighted by molar-refractivity contribution is 7.75. The second-order valence-electron chi connectivity index (χ2n) is 1.75. The Bertz CT molecular complexity index is 216. The van der Waals surface area contributed by atoms with Crippen LogP contribution in [0.15, 0.2) is 0 Å². The van der Waals surface area contributed by atoms with Gasteiger partial charge >= 0.3 is 12.0 Å². The van der Waals surface area contributed by atoms with Gasteiger partial charge in [-0.05, 0) is 12.9 Å². The Hall–Kier alpha value is -0.840. The monoisotopic (exact) mass is 196 g/mol. The van der Waals surface area contributed by atoms with E-state index in [-0.39, 0.29) is 5.01 Å². The lowest BCUT2D eigenvalue weighted by Gasteiger charge is -2.18. The summed E-state index contributed by atoms with van der Waals surface area (Å²) >= 11 is 2.80. The second kappa shape index (κ2) is 4.25. The van der Waals surface area contributed by atoms with Crippen LogP contribution in [0, 0.1) is 12.3 Å². The van der Waals surface area contributed by atoms with Gasteiger partial charge in [-0.15, -0.1) is 6.42 Å². The Kier molecular flexibility index (Phi) is 3.95. The number of nitrogens with zero attached hydrogens (tertiary/aromatic N) is 1. The predicted molar refractivity (Wildman–Crippen MR) is 39.8 cm³/mol. The molecular weight excluding hydrogens is 190 g/mol. The highest BCUT2D eigenvalue weighted by atomic mass is 32.1. The van der Waals surface area contributed by atoms with Crippen LogP contribution in [0.3, 0.4) is 0 Å². The molecule has 0 spiro atoms. The fourth-order valence-electron chi connectivity index (χ4n) is 0.376. The van der Waals surface area contributed by atoms with Gasteiger partial charge in [0.2, 0.25) is 0 Å². The lowest BCUT2D eigenvalue weighted by Crippen LogP contribution is -2.48. The number of halogens is 2. The molecule has 7 heteroatoms. The van der Waals surface area contributed by atoms with Crippen LogP contribution in [0.5, 0.6) is 0 Å². The minimum Gasteiger partial charge on any atom is -0.263 e. The highest BCUT2D eigenvalue weighted by Crippen LogP contribution is 2.18. The molecule has 0 aliphatic rings. The van der Waals surface area contributed by atoms with E-state index in [9.17, 15) is 13.6 Å². The summed E-state index contributed by atoms with van der Waals surface area (Å²) in [6.45, 7) is -0.425. The van der Waals surface area contributed by atoms with Crippen molar-refractivity contribution >= 4 is 18.8 Å². The summed E-state index contributed by atoms with van der Waals surface area (Å²) in [6.07, 6.45) is 0.676. The van der Waals surface area contributed by atoms with E-state index >= 15 is 0 Å². The summed E-state index contributed by atoms with van der Waals surface area (Å²) in [5, 5.41) is 0.163. The molecule has 0 aliphatic heterocycles. The number of alkyl halides is 2. The molecular formula is C5H6F2N2O2S. The molecule has 0 unspecified atom stereocenters. The van der Waals surface area contributed by atoms with E-state index in [1.54, 1.807) is 0 Å². The number of rotatable bonds is 3. The van der Waals surface area contributed by atoms with Crippen LogP contribution in [0.2, 0.25) is 0 Å². The molecule has 0 aromatic rings. The van der Waals surface area contributed by atoms with Gasteiger partial charge in [-0.2, -0.15) is 8.78 Å². The Morgan fingerprint density at radius 2 is 2.33 bits per heavy atom. The van der Waals surface area contributed by atoms with Crippen LogP contribution in [0.25, 0.3) is 0 Å². The molecule has 0 saturated carbocycles. The molecule has 0 saturated heterocycles. The predicted octanol–water partition coefficient (Wildman–Crippen LogP) is -0.224. The zero-order chi connectivity index (χ0) is 9.78. The van der Waals surface area contributed by atoms with Crippen LogP contribution in [-0.2, 0) is 8.98 Å². The minimum absolute atomic E-state index is 0.163. The third kappa shape index (κ3) is 2.65. The van der Waals surface area contributed by atoms with Crippen molar-refractivity contribution in [3.8, 4) is 12.3 Å². The largest absolute Gasteiger partial charge is 0.448 e. The SMILES string of the molecule is C#CCN(N)C(=O)C(F)(F)OS. The Morgan fingerprint density at radius 3 is 2.67 bits per heavy atom. The van der Waals surface area contributed by atoms with E-state index in [0.29, 0.717) is 0 Å². The maximum atomic E-state index is 12.3. The van der Waals surface area contributed by atoms with Gasteiger partial charge in [0.25, 0.3) is 0 Å². The Balaban J connectivity index is 4.30. The summed E-state index contributed by atoms with van der Waals surface area (Å²) < 4.78 is 27.9. The number of hydrogen-bond acceptors (Lipinski definition) is 4. The summed E-state index contributed by atoms with van der Waals surface area (Å²) in [6, 6.07) is 0. The summed E-state index contributed by atoms with van der Waals surface area (Å²) in [5.41, 5.74) is 0. The molecule has 0 aliphatic carbocycles. The van der Waals surface area contributed by atoms with Crippen molar-refractivity contribution in [2.45, 2.75) is 6.11 Å². The zero-order valence-electron chi connectivity index (χ0n) is 5.83. The van der Waals surface area contributed by atoms with Crippen molar-refractivity contribution < 1.29 is 17.8 Å². The lowest BCUT2D eigenvalue weighted by molar-refractivity contribution is -0.198. The van der Waals surface area contributed by atoms with Crippen molar-refractivity contribution in [2.75, 3.05) is 6.54 Å². The average Bonchev–Trinajstić information content (AvgIpc) is 2.03. The molecule has 0 bridgehead atoms. The van der Waals surface area contributed by atoms with Crippen LogP contribution >= 0.6 is 12.9 Å². The maximum absolute atomic E-state index is 12.3. The molecule has 12 heavy (non-hydrogen) atoms. The molecule has 2 N–H and O–H groups in total. The summed E-state index contributed by atoms with van der Waals surface area (Å²) in [4.78, 5) is 10.6. The fraction of sp³-hybridized carbons (Fsp3) is 0.400. The van der Waals surface area contributed by atoms with Gasteiger partial charge in [0.15, 0.2) is 0 Å². The first-order valence-corrected chi connectivity index (χ1v) is 3.02. The van der Waals surface area contributed by atoms with Crippen molar-refractivity contribution in [1.82, 2.24) is 5.01 Å². The lowest BCUT2D eigenvalue weighted by atomic mass is 10.5. The van der Waals surface area contributed by atoms with Gasteiger partial charge in [-0.1, -0.05) is 5.92 Å². The number of terminal acetylenes is 1. The molecule has 0 heterocycles. The van der Waals surface area contributed by atoms with Crippen LogP contribution in [0.4, 0.5) is 8.78 Å². The third-order valence-electron chi connectivity index (χ3n) is 0.886. The van der Waals surface area contributed by atoms with E-state index in [1.807, 2.05) is 5.92 Å². The molecule has 0 radical (unpaired) electrons. The topological polar surface area (TPSA) is 55.6 Å². The minimum atomic E-state index is -4.05. The van der Waals surface area contributed by atoms with Crippen LogP contribution < -0.4 is 5.84 Å². The molecule has 0 atom stereocenters. The molecule has 1 amide bonds. The van der Waals surface area contributed by atoms with E-state index in [4.69, 9.17) is 12.3 Å². The average molecular weight is 196 g/mol. The third-order valence-corrected chi connectivity index (χ3v) is 1.12. The molecule has 0 aromatic carbocycles. The normalized spacial score (nSPS) is 10.6. The molecule has 0 rings (SSSR count). The number of carbonyl (C=O) groups excluding carboxylic acids is 1. The molecule has 0 aromatic heterocycles. The van der Waals surface area contributed by atoms with Gasteiger partial charge in [-0.3, -0.25) is 9.80 Å². The second-order valence-corrected chi connectivity index (χ2v) is 1.93. The van der Waals surface area contributed by atoms with Crippen molar-refractivity contribution in [3.05, 3.63) is 0 Å². The van der Waals surface area contributed by atoms with E-state index in [1.165, 1.54) is 0 Å². The first-order valence-electron chi connectivity index (χ1n) is 2.66. The highest BCUT2D eigenvalue weighted by Gasteiger charge is 2.42. The van der Waals surface area contributed by atoms with Gasteiger partial charge in [0.05, 0.1) is 6.54 Å². The number of carbonyl (C=O) groups is 1. The van der Waals surface area contributed by atoms with Crippen LogP contribution in [0.1, 0.15) is 0 Å². The maximum Gasteiger partial charge on any atom is 0.448 e. The number of amides is 1. The van der Waals surface area contributed by atoms with Gasteiger partial charge in [0.1, 0.15) is 0 Å². The van der Waals surface area contributed by atoms with E-state index in [2.05, 4.69) is 17.1 Å². The van der Waals surface area contributed by atoms with Crippen molar-refractivity contribution in [1.29, 1.82) is 0 Å². The van der Waals surface area contributed by atoms with Crippen molar-refractivity contribution in [3.63, 3.8) is 0 Å². The number of nitrogens with two attached hydrogens (primary N) is 1. The van der Waals surface area contributed by atoms with E-state index in [0.717, 1.165) is 0 Å². The van der Waals surface area contributed by atoms with Gasteiger partial charge < -0.3 is 0 Å². The molecule has 4 nitrogen and oxygen atoms in total. The number of thiol groups is 1. The first kappa shape index (κ1) is 11.2. The van der Waals surface area contributed by atoms with E-state index < -0.39 is 18.6 Å².